The van der Waals surface area contributed by atoms with E-state index in [1.165, 1.54) is 0 Å². The first-order chi connectivity index (χ1) is 9.92. The quantitative estimate of drug-likeness (QED) is 0.836. The van der Waals surface area contributed by atoms with Crippen LogP contribution in [0.1, 0.15) is 20.8 Å². The van der Waals surface area contributed by atoms with Gasteiger partial charge in [-0.1, -0.05) is 24.0 Å². The zero-order chi connectivity index (χ0) is 15.7. The molecular weight excluding hydrogens is 268 g/mol. The predicted molar refractivity (Wildman–Crippen MR) is 82.6 cm³/mol. The van der Waals surface area contributed by atoms with Gasteiger partial charge in [0, 0.05) is 5.54 Å². The van der Waals surface area contributed by atoms with Crippen molar-refractivity contribution in [1.82, 2.24) is 10.6 Å². The van der Waals surface area contributed by atoms with E-state index in [0.29, 0.717) is 11.5 Å². The van der Waals surface area contributed by atoms with Crippen molar-refractivity contribution in [3.05, 3.63) is 24.3 Å². The second-order valence-electron chi connectivity index (χ2n) is 5.35. The first-order valence-electron chi connectivity index (χ1n) is 6.70. The standard InChI is InChI=1S/C16H22N2O3/c1-16(2,3)18-15(19)17-11-7-8-12-21-14-10-6-5-9-13(14)20-4/h5-6,9-10H,11-12H2,1-4H3,(H2,17,18,19). The van der Waals surface area contributed by atoms with Crippen LogP contribution in [0.5, 0.6) is 11.5 Å². The summed E-state index contributed by atoms with van der Waals surface area (Å²) in [5.74, 6) is 6.97. The summed E-state index contributed by atoms with van der Waals surface area (Å²) in [4.78, 5) is 11.5. The van der Waals surface area contributed by atoms with E-state index in [1.807, 2.05) is 45.0 Å². The van der Waals surface area contributed by atoms with E-state index in [2.05, 4.69) is 22.5 Å². The number of carbonyl (C=O) groups is 1. The normalized spacial score (nSPS) is 10.1. The summed E-state index contributed by atoms with van der Waals surface area (Å²) in [6.45, 7) is 6.26. The van der Waals surface area contributed by atoms with Crippen LogP contribution in [0.2, 0.25) is 0 Å². The second kappa shape index (κ2) is 8.05. The number of methoxy groups -OCH3 is 1. The fraction of sp³-hybridized carbons (Fsp3) is 0.438. The lowest BCUT2D eigenvalue weighted by Gasteiger charge is -2.20. The topological polar surface area (TPSA) is 59.6 Å². The van der Waals surface area contributed by atoms with Gasteiger partial charge in [0.2, 0.25) is 0 Å². The Bertz CT molecular complexity index is 524. The first-order valence-corrected chi connectivity index (χ1v) is 6.70. The number of rotatable bonds is 4. The molecule has 1 rings (SSSR count). The van der Waals surface area contributed by atoms with Crippen LogP contribution in [0.4, 0.5) is 4.79 Å². The second-order valence-corrected chi connectivity index (χ2v) is 5.35. The smallest absolute Gasteiger partial charge is 0.315 e. The Labute approximate surface area is 126 Å². The Balaban J connectivity index is 2.29. The van der Waals surface area contributed by atoms with Crippen LogP contribution in [0.15, 0.2) is 24.3 Å². The zero-order valence-electron chi connectivity index (χ0n) is 12.9. The summed E-state index contributed by atoms with van der Waals surface area (Å²) in [6, 6.07) is 7.14. The highest BCUT2D eigenvalue weighted by Gasteiger charge is 2.12. The number of carbonyl (C=O) groups excluding carboxylic acids is 1. The summed E-state index contributed by atoms with van der Waals surface area (Å²) in [5, 5.41) is 5.44. The summed E-state index contributed by atoms with van der Waals surface area (Å²) in [7, 11) is 1.59. The molecule has 0 aromatic heterocycles. The van der Waals surface area contributed by atoms with Gasteiger partial charge in [0.15, 0.2) is 11.5 Å². The molecule has 1 aromatic rings. The average molecular weight is 290 g/mol. The Morgan fingerprint density at radius 1 is 1.19 bits per heavy atom. The van der Waals surface area contributed by atoms with E-state index >= 15 is 0 Å². The molecule has 5 nitrogen and oxygen atoms in total. The summed E-state index contributed by atoms with van der Waals surface area (Å²) < 4.78 is 10.7. The van der Waals surface area contributed by atoms with E-state index in [1.54, 1.807) is 7.11 Å². The highest BCUT2D eigenvalue weighted by atomic mass is 16.5. The van der Waals surface area contributed by atoms with Gasteiger partial charge in [0.25, 0.3) is 0 Å². The molecule has 2 N–H and O–H groups in total. The molecule has 0 bridgehead atoms. The molecule has 0 saturated carbocycles. The number of amides is 2. The average Bonchev–Trinajstić information content (AvgIpc) is 2.41. The number of hydrogen-bond donors (Lipinski definition) is 2. The van der Waals surface area contributed by atoms with Crippen LogP contribution < -0.4 is 20.1 Å². The van der Waals surface area contributed by atoms with Crippen molar-refractivity contribution in [2.75, 3.05) is 20.3 Å². The fourth-order valence-corrected chi connectivity index (χ4v) is 1.47. The molecule has 5 heteroatoms. The number of para-hydroxylation sites is 2. The molecule has 0 aliphatic rings. The maximum absolute atomic E-state index is 11.5. The van der Waals surface area contributed by atoms with E-state index in [4.69, 9.17) is 9.47 Å². The first kappa shape index (κ1) is 16.7. The molecule has 0 spiro atoms. The molecular formula is C16H22N2O3. The predicted octanol–water partition coefficient (Wildman–Crippen LogP) is 2.18. The van der Waals surface area contributed by atoms with Crippen molar-refractivity contribution in [2.24, 2.45) is 0 Å². The van der Waals surface area contributed by atoms with Crippen molar-refractivity contribution in [3.63, 3.8) is 0 Å². The minimum absolute atomic E-state index is 0.234. The molecule has 0 fully saturated rings. The lowest BCUT2D eigenvalue weighted by Crippen LogP contribution is -2.46. The van der Waals surface area contributed by atoms with Crippen molar-refractivity contribution < 1.29 is 14.3 Å². The van der Waals surface area contributed by atoms with Gasteiger partial charge in [0.1, 0.15) is 6.61 Å². The molecule has 2 amide bonds. The number of urea groups is 1. The highest BCUT2D eigenvalue weighted by molar-refractivity contribution is 5.74. The van der Waals surface area contributed by atoms with E-state index in [-0.39, 0.29) is 24.7 Å². The van der Waals surface area contributed by atoms with Crippen LogP contribution in [0.3, 0.4) is 0 Å². The highest BCUT2D eigenvalue weighted by Crippen LogP contribution is 2.25. The van der Waals surface area contributed by atoms with Gasteiger partial charge < -0.3 is 20.1 Å². The monoisotopic (exact) mass is 290 g/mol. The van der Waals surface area contributed by atoms with Gasteiger partial charge in [-0.25, -0.2) is 4.79 Å². The van der Waals surface area contributed by atoms with Crippen LogP contribution >= 0.6 is 0 Å². The van der Waals surface area contributed by atoms with E-state index in [9.17, 15) is 4.79 Å². The molecule has 0 aliphatic carbocycles. The Kier molecular flexibility index (Phi) is 6.41. The number of benzene rings is 1. The summed E-state index contributed by atoms with van der Waals surface area (Å²) in [6.07, 6.45) is 0. The molecule has 0 saturated heterocycles. The van der Waals surface area contributed by atoms with Crippen LogP contribution in [0, 0.1) is 11.8 Å². The number of hydrogen-bond acceptors (Lipinski definition) is 3. The Morgan fingerprint density at radius 3 is 2.48 bits per heavy atom. The number of ether oxygens (including phenoxy) is 2. The van der Waals surface area contributed by atoms with Gasteiger partial charge in [-0.15, -0.1) is 0 Å². The largest absolute Gasteiger partial charge is 0.493 e. The number of nitrogens with one attached hydrogen (secondary N) is 2. The van der Waals surface area contributed by atoms with Crippen LogP contribution in [-0.4, -0.2) is 31.8 Å². The summed E-state index contributed by atoms with van der Waals surface area (Å²) >= 11 is 0. The molecule has 0 radical (unpaired) electrons. The SMILES string of the molecule is COc1ccccc1OCC#CCNC(=O)NC(C)(C)C. The molecule has 1 aromatic carbocycles. The molecule has 0 aliphatic heterocycles. The van der Waals surface area contributed by atoms with Gasteiger partial charge in [-0.3, -0.25) is 0 Å². The van der Waals surface area contributed by atoms with Crippen molar-refractivity contribution in [1.29, 1.82) is 0 Å². The van der Waals surface area contributed by atoms with Crippen LogP contribution in [0.25, 0.3) is 0 Å². The van der Waals surface area contributed by atoms with Crippen LogP contribution in [-0.2, 0) is 0 Å². The lowest BCUT2D eigenvalue weighted by atomic mass is 10.1. The van der Waals surface area contributed by atoms with Gasteiger partial charge in [0.05, 0.1) is 13.7 Å². The van der Waals surface area contributed by atoms with E-state index < -0.39 is 0 Å². The zero-order valence-corrected chi connectivity index (χ0v) is 12.9. The van der Waals surface area contributed by atoms with Gasteiger partial charge in [-0.05, 0) is 32.9 Å². The molecule has 114 valence electrons. The Hall–Kier alpha value is -2.35. The van der Waals surface area contributed by atoms with Crippen molar-refractivity contribution >= 4 is 6.03 Å². The summed E-state index contributed by atoms with van der Waals surface area (Å²) in [5.41, 5.74) is -0.259. The third kappa shape index (κ3) is 7.11. The van der Waals surface area contributed by atoms with Gasteiger partial charge >= 0.3 is 6.03 Å². The van der Waals surface area contributed by atoms with Crippen molar-refractivity contribution in [2.45, 2.75) is 26.3 Å². The minimum Gasteiger partial charge on any atom is -0.493 e. The minimum atomic E-state index is -0.259. The van der Waals surface area contributed by atoms with Gasteiger partial charge in [-0.2, -0.15) is 0 Å². The third-order valence-corrected chi connectivity index (χ3v) is 2.32. The third-order valence-electron chi connectivity index (χ3n) is 2.32. The maximum Gasteiger partial charge on any atom is 0.315 e. The molecule has 0 unspecified atom stereocenters. The lowest BCUT2D eigenvalue weighted by molar-refractivity contribution is 0.233. The molecule has 0 atom stereocenters. The van der Waals surface area contributed by atoms with Crippen molar-refractivity contribution in [3.8, 4) is 23.3 Å². The van der Waals surface area contributed by atoms with E-state index in [0.717, 1.165) is 0 Å². The molecule has 21 heavy (non-hydrogen) atoms. The maximum atomic E-state index is 11.5. The fourth-order valence-electron chi connectivity index (χ4n) is 1.47. The Morgan fingerprint density at radius 2 is 1.86 bits per heavy atom. The molecule has 0 heterocycles.